The number of hydrogen-bond donors (Lipinski definition) is 1. The summed E-state index contributed by atoms with van der Waals surface area (Å²) < 4.78 is 1.67. The van der Waals surface area contributed by atoms with Crippen molar-refractivity contribution >= 4 is 22.4 Å². The number of rotatable bonds is 3. The zero-order chi connectivity index (χ0) is 16.5. The molecule has 1 aromatic carbocycles. The van der Waals surface area contributed by atoms with E-state index in [0.29, 0.717) is 13.1 Å². The minimum absolute atomic E-state index is 0.115. The Morgan fingerprint density at radius 3 is 2.92 bits per heavy atom. The highest BCUT2D eigenvalue weighted by atomic mass is 16.2. The van der Waals surface area contributed by atoms with E-state index >= 15 is 0 Å². The number of nitrogens with one attached hydrogen (secondary N) is 1. The van der Waals surface area contributed by atoms with E-state index in [9.17, 15) is 4.79 Å². The molecule has 24 heavy (non-hydrogen) atoms. The SMILES string of the molecule is Cc1[nH]c2ccccc2c1C1=CCN(C(=O)Cn2cccn2)CC1. The van der Waals surface area contributed by atoms with Gasteiger partial charge in [0.2, 0.25) is 5.91 Å². The molecule has 1 N–H and O–H groups in total. The number of fused-ring (bicyclic) bond motifs is 1. The topological polar surface area (TPSA) is 53.9 Å². The molecule has 0 fully saturated rings. The lowest BCUT2D eigenvalue weighted by Gasteiger charge is -2.27. The van der Waals surface area contributed by atoms with Crippen molar-refractivity contribution in [3.8, 4) is 0 Å². The van der Waals surface area contributed by atoms with Crippen LogP contribution in [0.1, 0.15) is 17.7 Å². The summed E-state index contributed by atoms with van der Waals surface area (Å²) in [7, 11) is 0. The smallest absolute Gasteiger partial charge is 0.244 e. The maximum absolute atomic E-state index is 12.4. The molecule has 0 radical (unpaired) electrons. The van der Waals surface area contributed by atoms with Gasteiger partial charge in [-0.15, -0.1) is 0 Å². The van der Waals surface area contributed by atoms with Crippen molar-refractivity contribution in [3.63, 3.8) is 0 Å². The standard InChI is InChI=1S/C19H20N4O/c1-14-19(16-5-2-3-6-17(16)21-14)15-7-11-22(12-8-15)18(24)13-23-10-4-9-20-23/h2-7,9-10,21H,8,11-13H2,1H3. The first-order chi connectivity index (χ1) is 11.7. The Morgan fingerprint density at radius 2 is 2.17 bits per heavy atom. The van der Waals surface area contributed by atoms with Crippen LogP contribution in [0.3, 0.4) is 0 Å². The van der Waals surface area contributed by atoms with Crippen molar-refractivity contribution in [1.29, 1.82) is 0 Å². The van der Waals surface area contributed by atoms with Crippen LogP contribution in [0.5, 0.6) is 0 Å². The number of amides is 1. The molecule has 5 heteroatoms. The van der Waals surface area contributed by atoms with E-state index in [2.05, 4.69) is 41.3 Å². The maximum Gasteiger partial charge on any atom is 0.244 e. The molecule has 0 unspecified atom stereocenters. The Labute approximate surface area is 140 Å². The first-order valence-corrected chi connectivity index (χ1v) is 8.24. The van der Waals surface area contributed by atoms with Crippen molar-refractivity contribution < 1.29 is 4.79 Å². The van der Waals surface area contributed by atoms with E-state index in [1.165, 1.54) is 27.7 Å². The average Bonchev–Trinajstić information content (AvgIpc) is 3.21. The van der Waals surface area contributed by atoms with Crippen LogP contribution in [0.4, 0.5) is 0 Å². The summed E-state index contributed by atoms with van der Waals surface area (Å²) in [6, 6.07) is 10.2. The molecule has 3 aromatic rings. The Kier molecular flexibility index (Phi) is 3.69. The molecule has 0 saturated carbocycles. The molecule has 0 atom stereocenters. The Hall–Kier alpha value is -2.82. The fourth-order valence-electron chi connectivity index (χ4n) is 3.45. The molecule has 1 amide bonds. The van der Waals surface area contributed by atoms with Gasteiger partial charge in [-0.25, -0.2) is 0 Å². The summed E-state index contributed by atoms with van der Waals surface area (Å²) >= 11 is 0. The van der Waals surface area contributed by atoms with Crippen LogP contribution < -0.4 is 0 Å². The predicted molar refractivity (Wildman–Crippen MR) is 94.4 cm³/mol. The fraction of sp³-hybridized carbons (Fsp3) is 0.263. The lowest BCUT2D eigenvalue weighted by atomic mass is 9.96. The largest absolute Gasteiger partial charge is 0.358 e. The number of H-pyrrole nitrogens is 1. The van der Waals surface area contributed by atoms with Gasteiger partial charge in [0.05, 0.1) is 0 Å². The number of benzene rings is 1. The van der Waals surface area contributed by atoms with Gasteiger partial charge in [-0.1, -0.05) is 24.3 Å². The highest BCUT2D eigenvalue weighted by molar-refractivity contribution is 5.94. The minimum atomic E-state index is 0.115. The average molecular weight is 320 g/mol. The number of hydrogen-bond acceptors (Lipinski definition) is 2. The Morgan fingerprint density at radius 1 is 1.29 bits per heavy atom. The molecule has 1 aliphatic heterocycles. The van der Waals surface area contributed by atoms with Crippen LogP contribution in [0.25, 0.3) is 16.5 Å². The van der Waals surface area contributed by atoms with Crippen LogP contribution in [-0.2, 0) is 11.3 Å². The van der Waals surface area contributed by atoms with Crippen molar-refractivity contribution in [2.24, 2.45) is 0 Å². The highest BCUT2D eigenvalue weighted by Gasteiger charge is 2.20. The van der Waals surface area contributed by atoms with Crippen molar-refractivity contribution in [3.05, 3.63) is 60.1 Å². The molecule has 3 heterocycles. The molecule has 1 aliphatic rings. The van der Waals surface area contributed by atoms with Crippen LogP contribution in [0.15, 0.2) is 48.8 Å². The van der Waals surface area contributed by atoms with Gasteiger partial charge in [-0.3, -0.25) is 9.48 Å². The molecule has 0 bridgehead atoms. The van der Waals surface area contributed by atoms with Crippen LogP contribution in [0, 0.1) is 6.92 Å². The van der Waals surface area contributed by atoms with Gasteiger partial charge < -0.3 is 9.88 Å². The lowest BCUT2D eigenvalue weighted by molar-refractivity contribution is -0.131. The molecular formula is C19H20N4O. The molecule has 122 valence electrons. The second-order valence-corrected chi connectivity index (χ2v) is 6.19. The van der Waals surface area contributed by atoms with Crippen LogP contribution >= 0.6 is 0 Å². The van der Waals surface area contributed by atoms with Gasteiger partial charge in [0.15, 0.2) is 0 Å². The molecular weight excluding hydrogens is 300 g/mol. The summed E-state index contributed by atoms with van der Waals surface area (Å²) in [6.45, 7) is 3.84. The van der Waals surface area contributed by atoms with Crippen LogP contribution in [-0.4, -0.2) is 38.7 Å². The number of aromatic nitrogens is 3. The molecule has 4 rings (SSSR count). The second kappa shape index (κ2) is 6.00. The third kappa shape index (κ3) is 2.62. The van der Waals surface area contributed by atoms with Crippen LogP contribution in [0.2, 0.25) is 0 Å². The van der Waals surface area contributed by atoms with Crippen molar-refractivity contribution in [2.75, 3.05) is 13.1 Å². The van der Waals surface area contributed by atoms with E-state index in [1.54, 1.807) is 10.9 Å². The Bertz CT molecular complexity index is 905. The van der Waals surface area contributed by atoms with E-state index < -0.39 is 0 Å². The van der Waals surface area contributed by atoms with Gasteiger partial charge in [0.1, 0.15) is 6.54 Å². The molecule has 0 spiro atoms. The molecule has 5 nitrogen and oxygen atoms in total. The van der Waals surface area contributed by atoms with E-state index in [4.69, 9.17) is 0 Å². The third-order valence-electron chi connectivity index (χ3n) is 4.63. The van der Waals surface area contributed by atoms with Gasteiger partial charge in [0, 0.05) is 47.6 Å². The summed E-state index contributed by atoms with van der Waals surface area (Å²) in [5.41, 5.74) is 4.99. The van der Waals surface area contributed by atoms with Gasteiger partial charge >= 0.3 is 0 Å². The molecule has 0 aliphatic carbocycles. The fourth-order valence-corrected chi connectivity index (χ4v) is 3.45. The molecule has 0 saturated heterocycles. The minimum Gasteiger partial charge on any atom is -0.358 e. The van der Waals surface area contributed by atoms with Crippen molar-refractivity contribution in [2.45, 2.75) is 19.9 Å². The normalized spacial score (nSPS) is 14.9. The zero-order valence-electron chi connectivity index (χ0n) is 13.7. The number of aryl methyl sites for hydroxylation is 1. The number of nitrogens with zero attached hydrogens (tertiary/aromatic N) is 3. The van der Waals surface area contributed by atoms with E-state index in [0.717, 1.165) is 13.0 Å². The Balaban J connectivity index is 1.54. The first kappa shape index (κ1) is 14.8. The van der Waals surface area contributed by atoms with Crippen molar-refractivity contribution in [1.82, 2.24) is 19.7 Å². The number of aromatic amines is 1. The lowest BCUT2D eigenvalue weighted by Crippen LogP contribution is -2.37. The number of para-hydroxylation sites is 1. The van der Waals surface area contributed by atoms with Gasteiger partial charge in [-0.05, 0) is 31.1 Å². The zero-order valence-corrected chi connectivity index (χ0v) is 13.7. The first-order valence-electron chi connectivity index (χ1n) is 8.24. The number of carbonyl (C=O) groups is 1. The maximum atomic E-state index is 12.4. The number of carbonyl (C=O) groups excluding carboxylic acids is 1. The van der Waals surface area contributed by atoms with E-state index in [-0.39, 0.29) is 5.91 Å². The monoisotopic (exact) mass is 320 g/mol. The molecule has 2 aromatic heterocycles. The van der Waals surface area contributed by atoms with Gasteiger partial charge in [0.25, 0.3) is 0 Å². The summed E-state index contributed by atoms with van der Waals surface area (Å²) in [4.78, 5) is 17.7. The summed E-state index contributed by atoms with van der Waals surface area (Å²) in [5.74, 6) is 0.115. The summed E-state index contributed by atoms with van der Waals surface area (Å²) in [5, 5.41) is 5.36. The summed E-state index contributed by atoms with van der Waals surface area (Å²) in [6.07, 6.45) is 6.58. The second-order valence-electron chi connectivity index (χ2n) is 6.19. The highest BCUT2D eigenvalue weighted by Crippen LogP contribution is 2.32. The third-order valence-corrected chi connectivity index (χ3v) is 4.63. The van der Waals surface area contributed by atoms with E-state index in [1.807, 2.05) is 23.2 Å². The predicted octanol–water partition coefficient (Wildman–Crippen LogP) is 2.99. The quantitative estimate of drug-likeness (QED) is 0.806. The van der Waals surface area contributed by atoms with Gasteiger partial charge in [-0.2, -0.15) is 5.10 Å².